The Kier molecular flexibility index (Phi) is 5.03. The van der Waals surface area contributed by atoms with Gasteiger partial charge in [0, 0.05) is 25.2 Å². The van der Waals surface area contributed by atoms with E-state index in [1.54, 1.807) is 20.2 Å². The van der Waals surface area contributed by atoms with E-state index in [0.29, 0.717) is 30.5 Å². The van der Waals surface area contributed by atoms with Crippen LogP contribution in [0.5, 0.6) is 0 Å². The van der Waals surface area contributed by atoms with Crippen LogP contribution in [0.4, 0.5) is 0 Å². The monoisotopic (exact) mass is 401 g/mol. The van der Waals surface area contributed by atoms with Gasteiger partial charge in [0.05, 0.1) is 0 Å². The van der Waals surface area contributed by atoms with Gasteiger partial charge >= 0.3 is 0 Å². The summed E-state index contributed by atoms with van der Waals surface area (Å²) in [4.78, 5) is 0.203. The lowest BCUT2D eigenvalue weighted by molar-refractivity contribution is 0.269. The van der Waals surface area contributed by atoms with Crippen molar-refractivity contribution in [3.8, 4) is 5.69 Å². The van der Waals surface area contributed by atoms with Gasteiger partial charge in [-0.1, -0.05) is 23.4 Å². The second-order valence-electron chi connectivity index (χ2n) is 7.16. The van der Waals surface area contributed by atoms with Gasteiger partial charge in [0.2, 0.25) is 10.0 Å². The Morgan fingerprint density at radius 3 is 2.50 bits per heavy atom. The largest absolute Gasteiger partial charge is 0.360 e. The van der Waals surface area contributed by atoms with E-state index in [-0.39, 0.29) is 4.90 Å². The fourth-order valence-corrected chi connectivity index (χ4v) is 5.55. The SMILES string of the molecule is Cc1noc(C)c1S(=O)(=O)N1CCC(Cc2nncn2-c2ccccc2)CC1. The van der Waals surface area contributed by atoms with Crippen LogP contribution in [0.3, 0.4) is 0 Å². The van der Waals surface area contributed by atoms with Gasteiger partial charge in [0.15, 0.2) is 5.76 Å². The van der Waals surface area contributed by atoms with E-state index >= 15 is 0 Å². The van der Waals surface area contributed by atoms with Crippen LogP contribution in [0.15, 0.2) is 46.1 Å². The molecule has 0 N–H and O–H groups in total. The van der Waals surface area contributed by atoms with E-state index in [4.69, 9.17) is 4.52 Å². The Hall–Kier alpha value is -2.52. The standard InChI is InChI=1S/C19H23N5O3S/c1-14-19(15(2)27-22-14)28(25,26)23-10-8-16(9-11-23)12-18-21-20-13-24(18)17-6-4-3-5-7-17/h3-7,13,16H,8-12H2,1-2H3. The van der Waals surface area contributed by atoms with Gasteiger partial charge in [-0.2, -0.15) is 4.31 Å². The first-order valence-corrected chi connectivity index (χ1v) is 10.8. The van der Waals surface area contributed by atoms with Crippen LogP contribution in [0.2, 0.25) is 0 Å². The van der Waals surface area contributed by atoms with E-state index in [9.17, 15) is 8.42 Å². The maximum Gasteiger partial charge on any atom is 0.248 e. The Morgan fingerprint density at radius 1 is 1.14 bits per heavy atom. The molecule has 3 aromatic rings. The summed E-state index contributed by atoms with van der Waals surface area (Å²) < 4.78 is 34.5. The molecule has 1 saturated heterocycles. The van der Waals surface area contributed by atoms with E-state index < -0.39 is 10.0 Å². The van der Waals surface area contributed by atoms with Gasteiger partial charge in [-0.25, -0.2) is 8.42 Å². The molecule has 0 radical (unpaired) electrons. The first-order valence-electron chi connectivity index (χ1n) is 9.34. The molecule has 3 heterocycles. The van der Waals surface area contributed by atoms with Gasteiger partial charge < -0.3 is 4.52 Å². The van der Waals surface area contributed by atoms with Crippen LogP contribution >= 0.6 is 0 Å². The molecule has 8 nitrogen and oxygen atoms in total. The zero-order valence-corrected chi connectivity index (χ0v) is 16.8. The van der Waals surface area contributed by atoms with E-state index in [1.807, 2.05) is 34.9 Å². The lowest BCUT2D eigenvalue weighted by atomic mass is 9.94. The summed E-state index contributed by atoms with van der Waals surface area (Å²) >= 11 is 0. The summed E-state index contributed by atoms with van der Waals surface area (Å²) in [7, 11) is -3.57. The lowest BCUT2D eigenvalue weighted by Crippen LogP contribution is -2.39. The number of sulfonamides is 1. The fraction of sp³-hybridized carbons (Fsp3) is 0.421. The van der Waals surface area contributed by atoms with Gasteiger partial charge in [-0.05, 0) is 44.7 Å². The maximum atomic E-state index is 13.0. The number of nitrogens with zero attached hydrogens (tertiary/aromatic N) is 5. The highest BCUT2D eigenvalue weighted by Gasteiger charge is 2.34. The predicted molar refractivity (Wildman–Crippen MR) is 103 cm³/mol. The molecule has 0 aliphatic carbocycles. The molecule has 28 heavy (non-hydrogen) atoms. The van der Waals surface area contributed by atoms with E-state index in [2.05, 4.69) is 15.4 Å². The summed E-state index contributed by atoms with van der Waals surface area (Å²) in [5.41, 5.74) is 1.44. The first-order chi connectivity index (χ1) is 13.5. The summed E-state index contributed by atoms with van der Waals surface area (Å²) in [6.45, 7) is 4.26. The van der Waals surface area contributed by atoms with Crippen molar-refractivity contribution in [2.45, 2.75) is 38.0 Å². The minimum Gasteiger partial charge on any atom is -0.360 e. The summed E-state index contributed by atoms with van der Waals surface area (Å²) in [5, 5.41) is 12.1. The Labute approximate surface area is 164 Å². The smallest absolute Gasteiger partial charge is 0.248 e. The van der Waals surface area contributed by atoms with E-state index in [0.717, 1.165) is 30.8 Å². The zero-order chi connectivity index (χ0) is 19.7. The molecule has 0 bridgehead atoms. The van der Waals surface area contributed by atoms with Crippen molar-refractivity contribution in [2.24, 2.45) is 5.92 Å². The topological polar surface area (TPSA) is 94.1 Å². The molecule has 2 aromatic heterocycles. The normalized spacial score (nSPS) is 16.5. The van der Waals surface area contributed by atoms with Crippen LogP contribution in [0, 0.1) is 19.8 Å². The van der Waals surface area contributed by atoms with Crippen molar-refractivity contribution in [1.82, 2.24) is 24.2 Å². The molecule has 0 saturated carbocycles. The molecular formula is C19H23N5O3S. The fourth-order valence-electron chi connectivity index (χ4n) is 3.79. The average molecular weight is 401 g/mol. The Morgan fingerprint density at radius 2 is 1.86 bits per heavy atom. The van der Waals surface area contributed by atoms with Crippen molar-refractivity contribution in [1.29, 1.82) is 0 Å². The molecule has 0 atom stereocenters. The van der Waals surface area contributed by atoms with Crippen molar-refractivity contribution in [2.75, 3.05) is 13.1 Å². The minimum atomic E-state index is -3.57. The van der Waals surface area contributed by atoms with Crippen LogP contribution in [0.25, 0.3) is 5.69 Å². The van der Waals surface area contributed by atoms with Crippen LogP contribution < -0.4 is 0 Å². The van der Waals surface area contributed by atoms with Crippen molar-refractivity contribution < 1.29 is 12.9 Å². The van der Waals surface area contributed by atoms with Crippen molar-refractivity contribution >= 4 is 10.0 Å². The molecule has 1 aliphatic rings. The third-order valence-corrected chi connectivity index (χ3v) is 7.41. The van der Waals surface area contributed by atoms with Crippen molar-refractivity contribution in [3.05, 3.63) is 53.9 Å². The van der Waals surface area contributed by atoms with Crippen LogP contribution in [0.1, 0.15) is 30.1 Å². The third kappa shape index (κ3) is 3.47. The average Bonchev–Trinajstić information content (AvgIpc) is 3.29. The van der Waals surface area contributed by atoms with Crippen LogP contribution in [-0.2, 0) is 16.4 Å². The molecule has 0 amide bonds. The summed E-state index contributed by atoms with van der Waals surface area (Å²) in [6, 6.07) is 9.98. The Balaban J connectivity index is 1.44. The van der Waals surface area contributed by atoms with Crippen LogP contribution in [-0.4, -0.2) is 45.7 Å². The molecule has 9 heteroatoms. The number of hydrogen-bond acceptors (Lipinski definition) is 6. The van der Waals surface area contributed by atoms with E-state index in [1.165, 1.54) is 4.31 Å². The molecule has 0 spiro atoms. The third-order valence-electron chi connectivity index (χ3n) is 5.26. The van der Waals surface area contributed by atoms with Gasteiger partial charge in [-0.3, -0.25) is 4.57 Å². The number of benzene rings is 1. The highest BCUT2D eigenvalue weighted by atomic mass is 32.2. The maximum absolute atomic E-state index is 13.0. The molecular weight excluding hydrogens is 378 g/mol. The summed E-state index contributed by atoms with van der Waals surface area (Å²) in [5.74, 6) is 1.61. The van der Waals surface area contributed by atoms with Gasteiger partial charge in [-0.15, -0.1) is 10.2 Å². The highest BCUT2D eigenvalue weighted by molar-refractivity contribution is 7.89. The number of para-hydroxylation sites is 1. The number of aryl methyl sites for hydroxylation is 2. The quantitative estimate of drug-likeness (QED) is 0.652. The van der Waals surface area contributed by atoms with Crippen molar-refractivity contribution in [3.63, 3.8) is 0 Å². The zero-order valence-electron chi connectivity index (χ0n) is 15.9. The second kappa shape index (κ2) is 7.48. The summed E-state index contributed by atoms with van der Waals surface area (Å²) in [6.07, 6.45) is 4.06. The predicted octanol–water partition coefficient (Wildman–Crippen LogP) is 2.52. The highest BCUT2D eigenvalue weighted by Crippen LogP contribution is 2.29. The number of rotatable bonds is 5. The lowest BCUT2D eigenvalue weighted by Gasteiger charge is -2.30. The molecule has 1 fully saturated rings. The molecule has 0 unspecified atom stereocenters. The molecule has 1 aliphatic heterocycles. The van der Waals surface area contributed by atoms with Gasteiger partial charge in [0.1, 0.15) is 22.7 Å². The first kappa shape index (κ1) is 18.8. The molecule has 4 rings (SSSR count). The Bertz CT molecular complexity index is 1030. The van der Waals surface area contributed by atoms with Gasteiger partial charge in [0.25, 0.3) is 0 Å². The molecule has 1 aromatic carbocycles. The number of aromatic nitrogens is 4. The number of hydrogen-bond donors (Lipinski definition) is 0. The second-order valence-corrected chi connectivity index (χ2v) is 9.03. The number of piperidine rings is 1. The molecule has 148 valence electrons. The minimum absolute atomic E-state index is 0.203.